The summed E-state index contributed by atoms with van der Waals surface area (Å²) in [6.07, 6.45) is 9.04. The summed E-state index contributed by atoms with van der Waals surface area (Å²) in [5.41, 5.74) is 1.80. The number of para-hydroxylation sites is 1. The van der Waals surface area contributed by atoms with Gasteiger partial charge in [0.15, 0.2) is 0 Å². The molecule has 5 rings (SSSR count). The number of nitrogens with one attached hydrogen (secondary N) is 3. The number of rotatable bonds is 10. The van der Waals surface area contributed by atoms with Gasteiger partial charge in [0.2, 0.25) is 15.9 Å². The molecular formula is C31H36N4O3S. The monoisotopic (exact) mass is 544 g/mol. The van der Waals surface area contributed by atoms with Gasteiger partial charge in [0, 0.05) is 47.4 Å². The Hall–Kier alpha value is -3.49. The smallest absolute Gasteiger partial charge is 0.241 e. The number of carbonyl (C=O) groups excluding carboxylic acids is 1. The molecule has 0 radical (unpaired) electrons. The average molecular weight is 545 g/mol. The Labute approximate surface area is 230 Å². The first-order chi connectivity index (χ1) is 18.8. The fourth-order valence-corrected chi connectivity index (χ4v) is 7.42. The lowest BCUT2D eigenvalue weighted by Crippen LogP contribution is -2.59. The lowest BCUT2D eigenvalue weighted by molar-refractivity contribution is -0.126. The fourth-order valence-electron chi connectivity index (χ4n) is 5.87. The lowest BCUT2D eigenvalue weighted by Gasteiger charge is -2.38. The summed E-state index contributed by atoms with van der Waals surface area (Å²) in [7, 11) is -3.84. The number of hydrogen-bond acceptors (Lipinski definition) is 4. The van der Waals surface area contributed by atoms with Gasteiger partial charge in [0.25, 0.3) is 0 Å². The quantitative estimate of drug-likeness (QED) is 0.261. The minimum Gasteiger partial charge on any atom is -0.361 e. The van der Waals surface area contributed by atoms with Gasteiger partial charge in [0.1, 0.15) is 5.54 Å². The molecule has 0 bridgehead atoms. The van der Waals surface area contributed by atoms with Crippen molar-refractivity contribution in [1.29, 1.82) is 0 Å². The maximum Gasteiger partial charge on any atom is 0.241 e. The predicted octanol–water partition coefficient (Wildman–Crippen LogP) is 5.00. The van der Waals surface area contributed by atoms with E-state index >= 15 is 0 Å². The van der Waals surface area contributed by atoms with Gasteiger partial charge in [-0.3, -0.25) is 9.78 Å². The molecule has 1 saturated carbocycles. The number of carbonyl (C=O) groups is 1. The molecule has 39 heavy (non-hydrogen) atoms. The molecule has 4 aromatic rings. The van der Waals surface area contributed by atoms with E-state index < -0.39 is 15.6 Å². The van der Waals surface area contributed by atoms with Crippen molar-refractivity contribution in [3.8, 4) is 0 Å². The summed E-state index contributed by atoms with van der Waals surface area (Å²) < 4.78 is 29.6. The van der Waals surface area contributed by atoms with Crippen LogP contribution >= 0.6 is 0 Å². The number of sulfonamides is 1. The second kappa shape index (κ2) is 11.3. The first kappa shape index (κ1) is 27.1. The second-order valence-electron chi connectivity index (χ2n) is 11.0. The fraction of sp³-hybridized carbons (Fsp3) is 0.355. The summed E-state index contributed by atoms with van der Waals surface area (Å²) in [4.78, 5) is 21.9. The van der Waals surface area contributed by atoms with E-state index in [-0.39, 0.29) is 23.5 Å². The molecule has 0 spiro atoms. The zero-order valence-electron chi connectivity index (χ0n) is 22.3. The van der Waals surface area contributed by atoms with E-state index in [9.17, 15) is 13.2 Å². The van der Waals surface area contributed by atoms with Crippen LogP contribution in [0.2, 0.25) is 0 Å². The van der Waals surface area contributed by atoms with Crippen LogP contribution in [0, 0.1) is 0 Å². The molecule has 1 fully saturated rings. The highest BCUT2D eigenvalue weighted by Crippen LogP contribution is 2.38. The molecule has 1 atom stereocenters. The third kappa shape index (κ3) is 6.23. The highest BCUT2D eigenvalue weighted by atomic mass is 32.2. The van der Waals surface area contributed by atoms with Crippen molar-refractivity contribution >= 4 is 26.8 Å². The van der Waals surface area contributed by atoms with E-state index in [4.69, 9.17) is 0 Å². The van der Waals surface area contributed by atoms with Crippen molar-refractivity contribution in [1.82, 2.24) is 20.0 Å². The zero-order chi connectivity index (χ0) is 27.3. The summed E-state index contributed by atoms with van der Waals surface area (Å²) >= 11 is 0. The Balaban J connectivity index is 1.43. The highest BCUT2D eigenvalue weighted by Gasteiger charge is 2.41. The van der Waals surface area contributed by atoms with Crippen LogP contribution in [-0.2, 0) is 32.4 Å². The van der Waals surface area contributed by atoms with Crippen LogP contribution in [0.5, 0.6) is 0 Å². The Morgan fingerprint density at radius 1 is 0.974 bits per heavy atom. The second-order valence-corrected chi connectivity index (χ2v) is 12.7. The van der Waals surface area contributed by atoms with Gasteiger partial charge < -0.3 is 10.3 Å². The van der Waals surface area contributed by atoms with Crippen LogP contribution in [0.3, 0.4) is 0 Å². The number of fused-ring (bicyclic) bond motifs is 1. The molecular weight excluding hydrogens is 508 g/mol. The Kier molecular flexibility index (Phi) is 7.86. The molecule has 1 amide bonds. The molecule has 2 aromatic carbocycles. The maximum absolute atomic E-state index is 14.0. The summed E-state index contributed by atoms with van der Waals surface area (Å²) in [6, 6.07) is 22.8. The molecule has 3 N–H and O–H groups in total. The van der Waals surface area contributed by atoms with E-state index in [0.29, 0.717) is 12.1 Å². The van der Waals surface area contributed by atoms with Crippen molar-refractivity contribution in [2.24, 2.45) is 0 Å². The zero-order valence-corrected chi connectivity index (χ0v) is 23.1. The molecule has 2 aromatic heterocycles. The largest absolute Gasteiger partial charge is 0.361 e. The summed E-state index contributed by atoms with van der Waals surface area (Å²) in [5.74, 6) is -0.548. The molecule has 1 aliphatic rings. The van der Waals surface area contributed by atoms with Gasteiger partial charge in [0.05, 0.1) is 5.75 Å². The van der Waals surface area contributed by atoms with Crippen LogP contribution < -0.4 is 10.0 Å². The molecule has 1 aliphatic carbocycles. The minimum atomic E-state index is -3.84. The van der Waals surface area contributed by atoms with Crippen molar-refractivity contribution in [3.05, 3.63) is 102 Å². The highest BCUT2D eigenvalue weighted by molar-refractivity contribution is 7.88. The number of nitrogens with zero attached hydrogens (tertiary/aromatic N) is 1. The number of benzene rings is 2. The van der Waals surface area contributed by atoms with Gasteiger partial charge in [-0.2, -0.15) is 4.72 Å². The molecule has 2 heterocycles. The Morgan fingerprint density at radius 3 is 2.44 bits per heavy atom. The summed E-state index contributed by atoms with van der Waals surface area (Å²) in [6.45, 7) is 2.09. The number of aromatic nitrogens is 2. The van der Waals surface area contributed by atoms with Gasteiger partial charge in [-0.05, 0) is 49.1 Å². The maximum atomic E-state index is 14.0. The Bertz CT molecular complexity index is 1510. The number of aromatic amines is 1. The van der Waals surface area contributed by atoms with Gasteiger partial charge in [-0.1, -0.05) is 73.9 Å². The van der Waals surface area contributed by atoms with E-state index in [1.165, 1.54) is 6.42 Å². The SMILES string of the molecule is C[C@@](Cc1c[nH]c2ccccc12)(NS(=O)(=O)Cc1ccccc1)C(=O)NCC1(c2ccccn2)CCCCC1. The first-order valence-corrected chi connectivity index (χ1v) is 15.2. The van der Waals surface area contributed by atoms with E-state index in [1.54, 1.807) is 25.3 Å². The average Bonchev–Trinajstić information content (AvgIpc) is 3.35. The molecule has 7 nitrogen and oxygen atoms in total. The van der Waals surface area contributed by atoms with E-state index in [2.05, 4.69) is 20.0 Å². The molecule has 8 heteroatoms. The molecule has 0 aliphatic heterocycles. The predicted molar refractivity (Wildman–Crippen MR) is 155 cm³/mol. The minimum absolute atomic E-state index is 0.202. The van der Waals surface area contributed by atoms with E-state index in [1.807, 2.05) is 66.9 Å². The van der Waals surface area contributed by atoms with Crippen LogP contribution in [0.15, 0.2) is 85.2 Å². The third-order valence-electron chi connectivity index (χ3n) is 7.91. The van der Waals surface area contributed by atoms with Crippen molar-refractivity contribution in [2.75, 3.05) is 6.54 Å². The Morgan fingerprint density at radius 2 is 1.69 bits per heavy atom. The van der Waals surface area contributed by atoms with Crippen molar-refractivity contribution < 1.29 is 13.2 Å². The van der Waals surface area contributed by atoms with Gasteiger partial charge in [-0.25, -0.2) is 8.42 Å². The van der Waals surface area contributed by atoms with Crippen LogP contribution in [0.25, 0.3) is 10.9 Å². The summed E-state index contributed by atoms with van der Waals surface area (Å²) in [5, 5.41) is 4.13. The van der Waals surface area contributed by atoms with Crippen LogP contribution in [-0.4, -0.2) is 36.4 Å². The van der Waals surface area contributed by atoms with E-state index in [0.717, 1.165) is 47.8 Å². The van der Waals surface area contributed by atoms with Crippen molar-refractivity contribution in [3.63, 3.8) is 0 Å². The standard InChI is InChI=1S/C31H36N4O3S/c1-30(20-25-21-33-27-15-7-6-14-26(25)27,35-39(37,38)22-24-12-4-2-5-13-24)29(36)34-23-31(17-9-3-10-18-31)28-16-8-11-19-32-28/h2,4-8,11-16,19,21,33,35H,3,9-10,17-18,20,22-23H2,1H3,(H,34,36)/t30-/m0/s1. The number of pyridine rings is 1. The number of hydrogen-bond donors (Lipinski definition) is 3. The topological polar surface area (TPSA) is 104 Å². The van der Waals surface area contributed by atoms with Gasteiger partial charge in [-0.15, -0.1) is 0 Å². The molecule has 0 unspecified atom stereocenters. The molecule has 0 saturated heterocycles. The lowest BCUT2D eigenvalue weighted by atomic mass is 9.71. The number of H-pyrrole nitrogens is 1. The third-order valence-corrected chi connectivity index (χ3v) is 9.38. The number of amides is 1. The van der Waals surface area contributed by atoms with Gasteiger partial charge >= 0.3 is 0 Å². The van der Waals surface area contributed by atoms with Crippen LogP contribution in [0.1, 0.15) is 55.8 Å². The van der Waals surface area contributed by atoms with Crippen molar-refractivity contribution in [2.45, 2.75) is 62.2 Å². The first-order valence-electron chi connectivity index (χ1n) is 13.6. The molecule has 204 valence electrons. The van der Waals surface area contributed by atoms with Crippen LogP contribution in [0.4, 0.5) is 0 Å². The normalized spacial score (nSPS) is 16.9.